The second-order valence-electron chi connectivity index (χ2n) is 34.0. The molecule has 0 aromatic heterocycles. The average Bonchev–Trinajstić information content (AvgIpc) is 1.49. The smallest absolute Gasteiger partial charge is 0.0468 e. The van der Waals surface area contributed by atoms with Gasteiger partial charge in [-0.3, -0.25) is 0 Å². The van der Waals surface area contributed by atoms with E-state index in [-0.39, 0.29) is 11.3 Å². The Balaban J connectivity index is 0.000000145. The van der Waals surface area contributed by atoms with Crippen LogP contribution in [0.15, 0.2) is 523 Å². The van der Waals surface area contributed by atoms with Gasteiger partial charge in [-0.25, -0.2) is 0 Å². The molecule has 0 N–H and O–H groups in total. The monoisotopic (exact) mass is 1710 g/mol. The molecule has 2 atom stereocenters. The number of fused-ring (bicyclic) bond motifs is 5. The van der Waals surface area contributed by atoms with Gasteiger partial charge in [-0.15, -0.1) is 6.58 Å². The number of para-hydroxylation sites is 1. The first-order chi connectivity index (χ1) is 64.9. The fourth-order valence-corrected chi connectivity index (χ4v) is 18.6. The maximum Gasteiger partial charge on any atom is 0.0468 e. The Morgan fingerprint density at radius 1 is 0.455 bits per heavy atom. The van der Waals surface area contributed by atoms with Gasteiger partial charge in [0.05, 0.1) is 0 Å². The summed E-state index contributed by atoms with van der Waals surface area (Å²) in [5, 5.41) is 5.02. The zero-order valence-corrected chi connectivity index (χ0v) is 76.5. The first-order valence-electron chi connectivity index (χ1n) is 46.2. The summed E-state index contributed by atoms with van der Waals surface area (Å²) in [6.45, 7) is 26.9. The predicted molar refractivity (Wildman–Crippen MR) is 573 cm³/mol. The molecule has 0 bridgehead atoms. The highest BCUT2D eigenvalue weighted by molar-refractivity contribution is 6.15. The van der Waals surface area contributed by atoms with Gasteiger partial charge in [0.2, 0.25) is 0 Å². The van der Waals surface area contributed by atoms with E-state index >= 15 is 0 Å². The van der Waals surface area contributed by atoms with Crippen molar-refractivity contribution in [3.05, 3.63) is 556 Å². The third-order valence-corrected chi connectivity index (χ3v) is 25.4. The lowest BCUT2D eigenvalue weighted by molar-refractivity contribution is 0.660. The number of allylic oxidation sites excluding steroid dienone is 21. The lowest BCUT2D eigenvalue weighted by atomic mass is 9.81. The second kappa shape index (κ2) is 43.4. The number of hydrogen-bond acceptors (Lipinski definition) is 3. The summed E-state index contributed by atoms with van der Waals surface area (Å²) in [5.41, 5.74) is 34.1. The molecule has 15 aromatic carbocycles. The number of hydrogen-bond donors (Lipinski definition) is 0. The van der Waals surface area contributed by atoms with E-state index in [1.54, 1.807) is 6.08 Å². The molecular formula is C129H115N3. The number of anilines is 4. The molecule has 2 unspecified atom stereocenters. The first-order valence-corrected chi connectivity index (χ1v) is 46.2. The minimum absolute atomic E-state index is 0.0524. The van der Waals surface area contributed by atoms with E-state index in [2.05, 4.69) is 525 Å². The fourth-order valence-electron chi connectivity index (χ4n) is 18.6. The topological polar surface area (TPSA) is 9.72 Å². The molecule has 3 aliphatic rings. The molecule has 646 valence electrons. The van der Waals surface area contributed by atoms with Crippen molar-refractivity contribution in [3.63, 3.8) is 0 Å². The molecule has 0 saturated heterocycles. The molecular weight excluding hydrogens is 1590 g/mol. The number of benzene rings is 15. The lowest BCUT2D eigenvalue weighted by Crippen LogP contribution is -2.23. The first kappa shape index (κ1) is 89.7. The summed E-state index contributed by atoms with van der Waals surface area (Å²) < 4.78 is 0. The van der Waals surface area contributed by atoms with E-state index in [9.17, 15) is 0 Å². The SMILES string of the molecule is C=C/C=C\C=C\C/C=C\C(=C/C)N(c1ccccc1)c1ccc(-c2ccc3c(c2)C(C)(C)c2ccccc2-3)c(-c2ccccc2)c1.C=CC(C/C=C/N(/C(C)=C/C=C\C)c1ccc(-c2c3ccccc3cc3ccccc23)c(-c2ccccc2)c1)c1ccccc1.C=Cc1ccc(-c2ccc(N(C3=CCC(c4ccccc4)C=C3)C3=CC=CCC3)cc2-c2ccccc2)cc1C=C. The van der Waals surface area contributed by atoms with Crippen LogP contribution in [0.1, 0.15) is 112 Å². The van der Waals surface area contributed by atoms with E-state index in [1.165, 1.54) is 139 Å². The highest BCUT2D eigenvalue weighted by Crippen LogP contribution is 2.52. The van der Waals surface area contributed by atoms with Crippen molar-refractivity contribution in [1.29, 1.82) is 0 Å². The molecule has 0 fully saturated rings. The minimum atomic E-state index is -0.0524. The van der Waals surface area contributed by atoms with Gasteiger partial charge in [0.15, 0.2) is 0 Å². The van der Waals surface area contributed by atoms with Crippen LogP contribution in [-0.2, 0) is 5.41 Å². The van der Waals surface area contributed by atoms with Gasteiger partial charge in [-0.2, -0.15) is 0 Å². The summed E-state index contributed by atoms with van der Waals surface area (Å²) in [7, 11) is 0. The molecule has 15 aromatic rings. The predicted octanol–water partition coefficient (Wildman–Crippen LogP) is 36.1. The third-order valence-electron chi connectivity index (χ3n) is 25.4. The Hall–Kier alpha value is -15.7. The van der Waals surface area contributed by atoms with Crippen LogP contribution in [0.25, 0.3) is 112 Å². The van der Waals surface area contributed by atoms with Gasteiger partial charge in [0.25, 0.3) is 0 Å². The van der Waals surface area contributed by atoms with Crippen molar-refractivity contribution in [2.24, 2.45) is 0 Å². The molecule has 0 spiro atoms. The Morgan fingerprint density at radius 3 is 1.62 bits per heavy atom. The van der Waals surface area contributed by atoms with Gasteiger partial charge in [0.1, 0.15) is 0 Å². The van der Waals surface area contributed by atoms with Crippen LogP contribution in [0.3, 0.4) is 0 Å². The molecule has 0 saturated carbocycles. The Kier molecular flexibility index (Phi) is 29.5. The van der Waals surface area contributed by atoms with Crippen molar-refractivity contribution >= 4 is 56.4 Å². The molecule has 0 aliphatic heterocycles. The lowest BCUT2D eigenvalue weighted by Gasteiger charge is -2.32. The van der Waals surface area contributed by atoms with Crippen LogP contribution >= 0.6 is 0 Å². The molecule has 132 heavy (non-hydrogen) atoms. The van der Waals surface area contributed by atoms with Crippen LogP contribution in [-0.4, -0.2) is 0 Å². The van der Waals surface area contributed by atoms with Crippen molar-refractivity contribution in [3.8, 4) is 77.9 Å². The van der Waals surface area contributed by atoms with Gasteiger partial charge >= 0.3 is 0 Å². The standard InChI is InChI=1S/C45H41N.C44H39N.C40H35N/c1-5-7-8-9-10-11-16-23-36(6-2)46(37-24-17-13-18-25-37)38-29-31-39(42(33-38)34-21-14-12-15-22-34)35-28-30-41-40-26-19-20-27-43(40)45(3,4)44(41)32-35;1-4-6-18-33(3)45(30-17-25-34(5-2)35-19-9-7-10-20-35)39-28-29-42(43(32-39)36-21-11-8-12-22-36)44-40-26-15-13-23-37(40)31-38-24-14-16-27-41(38)44;1-3-30-20-21-35(28-31(30)4-2)39-27-26-38(29-40(39)34-16-10-6-11-17-34)41(36-18-12-7-13-19-36)37-24-22-33(23-25-37)32-14-8-5-9-15-32/h5-10,12-33H,1,11H2,2-4H3;4-24,26-32,34H,2,25H2,1,3H3;3-12,14-18,20-22,24-29,33H,1-2,13,19,23H2/b8-7-,10-9+,23-16-,36-6+;6-4-,30-17+,33-18+;. The van der Waals surface area contributed by atoms with Gasteiger partial charge < -0.3 is 14.7 Å². The van der Waals surface area contributed by atoms with Gasteiger partial charge in [-0.05, 0) is 277 Å². The number of rotatable bonds is 28. The van der Waals surface area contributed by atoms with E-state index in [1.807, 2.05) is 30.4 Å². The van der Waals surface area contributed by atoms with E-state index in [4.69, 9.17) is 0 Å². The summed E-state index contributed by atoms with van der Waals surface area (Å²) >= 11 is 0. The van der Waals surface area contributed by atoms with Crippen LogP contribution in [0.2, 0.25) is 0 Å². The molecule has 0 radical (unpaired) electrons. The second-order valence-corrected chi connectivity index (χ2v) is 34.0. The van der Waals surface area contributed by atoms with Crippen LogP contribution < -0.4 is 14.7 Å². The Labute approximate surface area is 783 Å². The van der Waals surface area contributed by atoms with Crippen molar-refractivity contribution in [2.75, 3.05) is 14.7 Å². The van der Waals surface area contributed by atoms with E-state index < -0.39 is 0 Å². The zero-order valence-electron chi connectivity index (χ0n) is 76.5. The fraction of sp³-hybridized carbons (Fsp3) is 0.101. The van der Waals surface area contributed by atoms with Crippen molar-refractivity contribution < 1.29 is 0 Å². The largest absolute Gasteiger partial charge is 0.321 e. The highest BCUT2D eigenvalue weighted by Gasteiger charge is 2.36. The summed E-state index contributed by atoms with van der Waals surface area (Å²) in [6.07, 6.45) is 51.7. The molecule has 0 heterocycles. The molecule has 18 rings (SSSR count). The summed E-state index contributed by atoms with van der Waals surface area (Å²) in [4.78, 5) is 7.09. The van der Waals surface area contributed by atoms with Crippen LogP contribution in [0.4, 0.5) is 22.7 Å². The van der Waals surface area contributed by atoms with Crippen LogP contribution in [0.5, 0.6) is 0 Å². The zero-order chi connectivity index (χ0) is 91.0. The summed E-state index contributed by atoms with van der Waals surface area (Å²) in [5.74, 6) is 0.660. The highest BCUT2D eigenvalue weighted by atomic mass is 15.2. The third kappa shape index (κ3) is 20.5. The summed E-state index contributed by atoms with van der Waals surface area (Å²) in [6, 6.07) is 127. The van der Waals surface area contributed by atoms with E-state index in [0.29, 0.717) is 5.92 Å². The normalized spacial score (nSPS) is 14.1. The van der Waals surface area contributed by atoms with E-state index in [0.717, 1.165) is 71.7 Å². The maximum absolute atomic E-state index is 4.13. The minimum Gasteiger partial charge on any atom is -0.321 e. The van der Waals surface area contributed by atoms with Crippen molar-refractivity contribution in [2.45, 2.75) is 84.0 Å². The van der Waals surface area contributed by atoms with Crippen LogP contribution in [0, 0.1) is 0 Å². The van der Waals surface area contributed by atoms with Gasteiger partial charge in [-0.1, -0.05) is 422 Å². The maximum atomic E-state index is 4.13. The van der Waals surface area contributed by atoms with Gasteiger partial charge in [0, 0.05) is 69.0 Å². The number of nitrogens with zero attached hydrogens (tertiary/aromatic N) is 3. The average molecular weight is 1710 g/mol. The Bertz CT molecular complexity index is 6920. The Morgan fingerprint density at radius 2 is 1.01 bits per heavy atom. The quantitative estimate of drug-likeness (QED) is 0.0275. The molecule has 3 nitrogen and oxygen atoms in total. The molecule has 3 aliphatic carbocycles. The van der Waals surface area contributed by atoms with Crippen molar-refractivity contribution in [1.82, 2.24) is 0 Å². The molecule has 3 heteroatoms. The molecule has 0 amide bonds.